The lowest BCUT2D eigenvalue weighted by Gasteiger charge is -2.30. The minimum atomic E-state index is -3.61. The molecule has 1 aromatic heterocycles. The van der Waals surface area contributed by atoms with Gasteiger partial charge in [0.15, 0.2) is 0 Å². The monoisotopic (exact) mass is 340 g/mol. The van der Waals surface area contributed by atoms with Crippen LogP contribution in [-0.4, -0.2) is 62.7 Å². The van der Waals surface area contributed by atoms with Crippen LogP contribution in [0.25, 0.3) is 11.0 Å². The molecule has 1 unspecified atom stereocenters. The number of aromatic amines is 2. The predicted molar refractivity (Wildman–Crippen MR) is 86.0 cm³/mol. The number of hydrogen-bond acceptors (Lipinski definition) is 5. The molecule has 3 rings (SSSR count). The van der Waals surface area contributed by atoms with Gasteiger partial charge in [0.25, 0.3) is 0 Å². The Morgan fingerprint density at radius 2 is 2.13 bits per heavy atom. The summed E-state index contributed by atoms with van der Waals surface area (Å²) in [6.45, 7) is 2.68. The average Bonchev–Trinajstić information content (AvgIpc) is 2.86. The Morgan fingerprint density at radius 3 is 2.91 bits per heavy atom. The summed E-state index contributed by atoms with van der Waals surface area (Å²) in [7, 11) is -1.59. The Labute approximate surface area is 133 Å². The number of H-pyrrole nitrogens is 2. The van der Waals surface area contributed by atoms with Crippen LogP contribution in [0.15, 0.2) is 27.9 Å². The van der Waals surface area contributed by atoms with Gasteiger partial charge < -0.3 is 19.6 Å². The summed E-state index contributed by atoms with van der Waals surface area (Å²) in [5, 5.41) is 0. The zero-order valence-electron chi connectivity index (χ0n) is 12.8. The Kier molecular flexibility index (Phi) is 4.53. The molecule has 0 bridgehead atoms. The van der Waals surface area contributed by atoms with Crippen molar-refractivity contribution < 1.29 is 13.2 Å². The Bertz CT molecular complexity index is 842. The summed E-state index contributed by atoms with van der Waals surface area (Å²) in [4.78, 5) is 18.7. The van der Waals surface area contributed by atoms with Crippen LogP contribution >= 0.6 is 0 Å². The van der Waals surface area contributed by atoms with E-state index in [2.05, 4.69) is 19.6 Å². The SMILES string of the molecule is CN1CCOC(CCNS(=O)(=O)c2ccc3[nH]c(=O)[nH]c3c2)C1. The summed E-state index contributed by atoms with van der Waals surface area (Å²) in [6, 6.07) is 4.49. The van der Waals surface area contributed by atoms with E-state index in [-0.39, 0.29) is 16.7 Å². The number of aromatic nitrogens is 2. The molecule has 8 nitrogen and oxygen atoms in total. The third-order valence-corrected chi connectivity index (χ3v) is 5.36. The van der Waals surface area contributed by atoms with Gasteiger partial charge >= 0.3 is 5.69 Å². The second-order valence-corrected chi connectivity index (χ2v) is 7.49. The van der Waals surface area contributed by atoms with Crippen molar-refractivity contribution in [1.29, 1.82) is 0 Å². The van der Waals surface area contributed by atoms with Crippen LogP contribution in [-0.2, 0) is 14.8 Å². The Morgan fingerprint density at radius 1 is 1.35 bits per heavy atom. The van der Waals surface area contributed by atoms with Crippen molar-refractivity contribution in [3.05, 3.63) is 28.7 Å². The zero-order valence-corrected chi connectivity index (χ0v) is 13.6. The molecular formula is C14H20N4O4S. The Hall–Kier alpha value is -1.68. The van der Waals surface area contributed by atoms with Crippen molar-refractivity contribution >= 4 is 21.1 Å². The molecule has 1 aliphatic heterocycles. The molecule has 126 valence electrons. The smallest absolute Gasteiger partial charge is 0.323 e. The topological polar surface area (TPSA) is 107 Å². The molecule has 0 aliphatic carbocycles. The number of imidazole rings is 1. The first kappa shape index (κ1) is 16.2. The molecule has 0 radical (unpaired) electrons. The molecule has 1 saturated heterocycles. The summed E-state index contributed by atoms with van der Waals surface area (Å²) < 4.78 is 32.8. The molecule has 3 N–H and O–H groups in total. The number of nitrogens with zero attached hydrogens (tertiary/aromatic N) is 1. The fourth-order valence-electron chi connectivity index (χ4n) is 2.66. The van der Waals surface area contributed by atoms with Crippen molar-refractivity contribution in [1.82, 2.24) is 19.6 Å². The highest BCUT2D eigenvalue weighted by Gasteiger charge is 2.19. The van der Waals surface area contributed by atoms with Gasteiger partial charge in [0.05, 0.1) is 28.6 Å². The van der Waals surface area contributed by atoms with E-state index >= 15 is 0 Å². The molecule has 1 atom stereocenters. The molecule has 9 heteroatoms. The second-order valence-electron chi connectivity index (χ2n) is 5.73. The molecule has 0 spiro atoms. The number of benzene rings is 1. The van der Waals surface area contributed by atoms with Gasteiger partial charge in [-0.2, -0.15) is 0 Å². The molecule has 0 amide bonds. The van der Waals surface area contributed by atoms with Crippen LogP contribution in [0.5, 0.6) is 0 Å². The van der Waals surface area contributed by atoms with Crippen molar-refractivity contribution in [3.63, 3.8) is 0 Å². The fourth-order valence-corrected chi connectivity index (χ4v) is 3.73. The zero-order chi connectivity index (χ0) is 16.4. The maximum atomic E-state index is 12.3. The van der Waals surface area contributed by atoms with Crippen LogP contribution in [0.1, 0.15) is 6.42 Å². The third-order valence-electron chi connectivity index (χ3n) is 3.90. The van der Waals surface area contributed by atoms with Crippen molar-refractivity contribution in [2.75, 3.05) is 33.3 Å². The number of morpholine rings is 1. The molecule has 23 heavy (non-hydrogen) atoms. The second kappa shape index (κ2) is 6.44. The van der Waals surface area contributed by atoms with Crippen molar-refractivity contribution in [3.8, 4) is 0 Å². The van der Waals surface area contributed by atoms with E-state index in [4.69, 9.17) is 4.74 Å². The van der Waals surface area contributed by atoms with Crippen LogP contribution in [0.2, 0.25) is 0 Å². The summed E-state index contributed by atoms with van der Waals surface area (Å²) in [5.41, 5.74) is 0.684. The molecule has 2 heterocycles. The number of fused-ring (bicyclic) bond motifs is 1. The lowest BCUT2D eigenvalue weighted by molar-refractivity contribution is -0.0222. The molecule has 1 aromatic carbocycles. The highest BCUT2D eigenvalue weighted by molar-refractivity contribution is 7.89. The summed E-state index contributed by atoms with van der Waals surface area (Å²) >= 11 is 0. The fraction of sp³-hybridized carbons (Fsp3) is 0.500. The Balaban J connectivity index is 1.64. The van der Waals surface area contributed by atoms with E-state index in [0.29, 0.717) is 30.6 Å². The van der Waals surface area contributed by atoms with Gasteiger partial charge in [0.1, 0.15) is 0 Å². The van der Waals surface area contributed by atoms with Crippen molar-refractivity contribution in [2.24, 2.45) is 0 Å². The number of nitrogens with one attached hydrogen (secondary N) is 3. The lowest BCUT2D eigenvalue weighted by atomic mass is 10.2. The van der Waals surface area contributed by atoms with Gasteiger partial charge in [-0.15, -0.1) is 0 Å². The number of sulfonamides is 1. The van der Waals surface area contributed by atoms with Gasteiger partial charge in [-0.1, -0.05) is 0 Å². The average molecular weight is 340 g/mol. The van der Waals surface area contributed by atoms with Crippen LogP contribution in [0.3, 0.4) is 0 Å². The van der Waals surface area contributed by atoms with E-state index in [1.807, 2.05) is 7.05 Å². The van der Waals surface area contributed by atoms with Gasteiger partial charge in [0, 0.05) is 19.6 Å². The highest BCUT2D eigenvalue weighted by atomic mass is 32.2. The van der Waals surface area contributed by atoms with Crippen LogP contribution in [0.4, 0.5) is 0 Å². The summed E-state index contributed by atoms with van der Waals surface area (Å²) in [5.74, 6) is 0. The van der Waals surface area contributed by atoms with E-state index in [0.717, 1.165) is 13.1 Å². The van der Waals surface area contributed by atoms with Crippen LogP contribution in [0, 0.1) is 0 Å². The minimum absolute atomic E-state index is 0.0416. The van der Waals surface area contributed by atoms with Gasteiger partial charge in [-0.25, -0.2) is 17.9 Å². The third kappa shape index (κ3) is 3.81. The number of likely N-dealkylation sites (N-methyl/N-ethyl adjacent to an activating group) is 1. The number of rotatable bonds is 5. The van der Waals surface area contributed by atoms with Crippen molar-refractivity contribution in [2.45, 2.75) is 17.4 Å². The number of ether oxygens (including phenoxy) is 1. The maximum Gasteiger partial charge on any atom is 0.323 e. The highest BCUT2D eigenvalue weighted by Crippen LogP contribution is 2.15. The van der Waals surface area contributed by atoms with E-state index in [9.17, 15) is 13.2 Å². The summed E-state index contributed by atoms with van der Waals surface area (Å²) in [6.07, 6.45) is 0.659. The number of hydrogen-bond donors (Lipinski definition) is 3. The van der Waals surface area contributed by atoms with Gasteiger partial charge in [-0.05, 0) is 31.7 Å². The van der Waals surface area contributed by atoms with Gasteiger partial charge in [-0.3, -0.25) is 0 Å². The first-order valence-electron chi connectivity index (χ1n) is 7.46. The minimum Gasteiger partial charge on any atom is -0.376 e. The first-order valence-corrected chi connectivity index (χ1v) is 8.94. The molecule has 1 aliphatic rings. The predicted octanol–water partition coefficient (Wildman–Crippen LogP) is -0.145. The standard InChI is InChI=1S/C14H20N4O4S/c1-18-6-7-22-10(9-18)4-5-15-23(20,21)11-2-3-12-13(8-11)17-14(19)16-12/h2-3,8,10,15H,4-7,9H2,1H3,(H2,16,17,19). The maximum absolute atomic E-state index is 12.3. The normalized spacial score (nSPS) is 20.1. The van der Waals surface area contributed by atoms with E-state index in [1.165, 1.54) is 12.1 Å². The molecular weight excluding hydrogens is 320 g/mol. The molecule has 2 aromatic rings. The largest absolute Gasteiger partial charge is 0.376 e. The molecule has 1 fully saturated rings. The first-order chi connectivity index (χ1) is 10.9. The van der Waals surface area contributed by atoms with Crippen LogP contribution < -0.4 is 10.4 Å². The van der Waals surface area contributed by atoms with E-state index in [1.54, 1.807) is 6.07 Å². The lowest BCUT2D eigenvalue weighted by Crippen LogP contribution is -2.41. The quantitative estimate of drug-likeness (QED) is 0.702. The molecule has 0 saturated carbocycles. The van der Waals surface area contributed by atoms with Gasteiger partial charge in [0.2, 0.25) is 10.0 Å². The van der Waals surface area contributed by atoms with E-state index < -0.39 is 10.0 Å².